The van der Waals surface area contributed by atoms with Gasteiger partial charge in [-0.25, -0.2) is 4.79 Å². The molecular weight excluding hydrogens is 182 g/mol. The molecule has 0 spiro atoms. The summed E-state index contributed by atoms with van der Waals surface area (Å²) in [6.07, 6.45) is 0.350. The van der Waals surface area contributed by atoms with Crippen molar-refractivity contribution in [3.8, 4) is 6.07 Å². The van der Waals surface area contributed by atoms with Crippen LogP contribution in [0.5, 0.6) is 0 Å². The number of amides is 2. The molecule has 5 nitrogen and oxygen atoms in total. The Labute approximate surface area is 84.8 Å². The molecule has 0 aromatic carbocycles. The Morgan fingerprint density at radius 1 is 1.43 bits per heavy atom. The van der Waals surface area contributed by atoms with Gasteiger partial charge in [-0.1, -0.05) is 0 Å². The molecule has 0 aliphatic carbocycles. The molecular formula is C9H17N3O2. The molecule has 5 heteroatoms. The molecule has 0 unspecified atom stereocenters. The van der Waals surface area contributed by atoms with Crippen molar-refractivity contribution in [3.05, 3.63) is 0 Å². The first-order chi connectivity index (χ1) is 6.63. The van der Waals surface area contributed by atoms with Crippen LogP contribution >= 0.6 is 0 Å². The molecule has 0 heterocycles. The van der Waals surface area contributed by atoms with Gasteiger partial charge in [-0.05, 0) is 0 Å². The monoisotopic (exact) mass is 199 g/mol. The third-order valence-electron chi connectivity index (χ3n) is 1.71. The normalized spacial score (nSPS) is 9.29. The minimum Gasteiger partial charge on any atom is -0.383 e. The quantitative estimate of drug-likeness (QED) is 0.649. The minimum atomic E-state index is -0.0858. The SMILES string of the molecule is COCCN(CCC#N)C(=O)N(C)C. The number of nitriles is 1. The van der Waals surface area contributed by atoms with Crippen molar-refractivity contribution in [1.29, 1.82) is 5.26 Å². The van der Waals surface area contributed by atoms with Crippen LogP contribution in [0, 0.1) is 11.3 Å². The summed E-state index contributed by atoms with van der Waals surface area (Å²) in [7, 11) is 4.96. The van der Waals surface area contributed by atoms with Crippen LogP contribution in [-0.2, 0) is 4.74 Å². The number of hydrogen-bond donors (Lipinski definition) is 0. The van der Waals surface area contributed by atoms with Gasteiger partial charge in [-0.15, -0.1) is 0 Å². The van der Waals surface area contributed by atoms with Crippen molar-refractivity contribution in [2.24, 2.45) is 0 Å². The van der Waals surface area contributed by atoms with Crippen LogP contribution in [0.15, 0.2) is 0 Å². The highest BCUT2D eigenvalue weighted by molar-refractivity contribution is 5.73. The summed E-state index contributed by atoms with van der Waals surface area (Å²) in [4.78, 5) is 14.6. The number of ether oxygens (including phenoxy) is 1. The maximum absolute atomic E-state index is 11.5. The van der Waals surface area contributed by atoms with E-state index < -0.39 is 0 Å². The summed E-state index contributed by atoms with van der Waals surface area (Å²) in [5.41, 5.74) is 0. The average Bonchev–Trinajstić information content (AvgIpc) is 2.17. The zero-order chi connectivity index (χ0) is 11.0. The van der Waals surface area contributed by atoms with E-state index in [1.54, 1.807) is 26.1 Å². The van der Waals surface area contributed by atoms with Gasteiger partial charge in [0.2, 0.25) is 0 Å². The maximum atomic E-state index is 11.5. The molecule has 14 heavy (non-hydrogen) atoms. The molecule has 0 saturated heterocycles. The lowest BCUT2D eigenvalue weighted by Gasteiger charge is -2.24. The summed E-state index contributed by atoms with van der Waals surface area (Å²) in [5, 5.41) is 8.43. The van der Waals surface area contributed by atoms with Crippen molar-refractivity contribution < 1.29 is 9.53 Å². The van der Waals surface area contributed by atoms with Gasteiger partial charge in [-0.2, -0.15) is 5.26 Å². The van der Waals surface area contributed by atoms with Gasteiger partial charge in [0.25, 0.3) is 0 Å². The van der Waals surface area contributed by atoms with Gasteiger partial charge in [0, 0.05) is 34.3 Å². The van der Waals surface area contributed by atoms with Crippen LogP contribution < -0.4 is 0 Å². The van der Waals surface area contributed by atoms with E-state index in [9.17, 15) is 4.79 Å². The molecule has 2 amide bonds. The summed E-state index contributed by atoms with van der Waals surface area (Å²) < 4.78 is 4.89. The zero-order valence-electron chi connectivity index (χ0n) is 8.99. The molecule has 0 aromatic rings. The number of carbonyl (C=O) groups excluding carboxylic acids is 1. The Hall–Kier alpha value is -1.28. The lowest BCUT2D eigenvalue weighted by atomic mass is 10.4. The number of hydrogen-bond acceptors (Lipinski definition) is 3. The molecule has 0 bridgehead atoms. The molecule has 0 fully saturated rings. The van der Waals surface area contributed by atoms with Crippen LogP contribution in [-0.4, -0.2) is 56.7 Å². The van der Waals surface area contributed by atoms with E-state index in [1.807, 2.05) is 6.07 Å². The van der Waals surface area contributed by atoms with Crippen LogP contribution in [0.1, 0.15) is 6.42 Å². The van der Waals surface area contributed by atoms with Crippen molar-refractivity contribution >= 4 is 6.03 Å². The highest BCUT2D eigenvalue weighted by atomic mass is 16.5. The Bertz CT molecular complexity index is 211. The van der Waals surface area contributed by atoms with Crippen LogP contribution in [0.3, 0.4) is 0 Å². The van der Waals surface area contributed by atoms with Gasteiger partial charge in [0.15, 0.2) is 0 Å². The number of methoxy groups -OCH3 is 1. The first kappa shape index (κ1) is 12.7. The lowest BCUT2D eigenvalue weighted by molar-refractivity contribution is 0.136. The molecule has 0 aliphatic rings. The molecule has 0 saturated carbocycles. The van der Waals surface area contributed by atoms with E-state index in [4.69, 9.17) is 10.00 Å². The van der Waals surface area contributed by atoms with Gasteiger partial charge >= 0.3 is 6.03 Å². The standard InChI is InChI=1S/C9H17N3O2/c1-11(2)9(13)12(6-4-5-10)7-8-14-3/h4,6-8H2,1-3H3. The van der Waals surface area contributed by atoms with E-state index in [2.05, 4.69) is 0 Å². The molecule has 0 N–H and O–H groups in total. The molecule has 0 rings (SSSR count). The van der Waals surface area contributed by atoms with Crippen molar-refractivity contribution in [2.45, 2.75) is 6.42 Å². The summed E-state index contributed by atoms with van der Waals surface area (Å²) in [6, 6.07) is 1.93. The van der Waals surface area contributed by atoms with Crippen molar-refractivity contribution in [3.63, 3.8) is 0 Å². The fourth-order valence-electron chi connectivity index (χ4n) is 0.972. The summed E-state index contributed by atoms with van der Waals surface area (Å²) >= 11 is 0. The smallest absolute Gasteiger partial charge is 0.319 e. The number of nitrogens with zero attached hydrogens (tertiary/aromatic N) is 3. The van der Waals surface area contributed by atoms with Gasteiger partial charge in [-0.3, -0.25) is 0 Å². The van der Waals surface area contributed by atoms with Crippen molar-refractivity contribution in [1.82, 2.24) is 9.80 Å². The maximum Gasteiger partial charge on any atom is 0.319 e. The predicted octanol–water partition coefficient (Wildman–Crippen LogP) is 0.530. The van der Waals surface area contributed by atoms with Crippen LogP contribution in [0.2, 0.25) is 0 Å². The summed E-state index contributed by atoms with van der Waals surface area (Å²) in [5.74, 6) is 0. The van der Waals surface area contributed by atoms with E-state index in [0.29, 0.717) is 26.1 Å². The third-order valence-corrected chi connectivity index (χ3v) is 1.71. The Kier molecular flexibility index (Phi) is 6.50. The molecule has 80 valence electrons. The first-order valence-corrected chi connectivity index (χ1v) is 4.45. The summed E-state index contributed by atoms with van der Waals surface area (Å²) in [6.45, 7) is 1.47. The second-order valence-electron chi connectivity index (χ2n) is 3.06. The third kappa shape index (κ3) is 4.67. The predicted molar refractivity (Wildman–Crippen MR) is 52.8 cm³/mol. The highest BCUT2D eigenvalue weighted by Gasteiger charge is 2.13. The number of urea groups is 1. The topological polar surface area (TPSA) is 56.6 Å². The number of carbonyl (C=O) groups is 1. The van der Waals surface area contributed by atoms with Gasteiger partial charge in [0.1, 0.15) is 0 Å². The van der Waals surface area contributed by atoms with E-state index in [1.165, 1.54) is 4.90 Å². The fourth-order valence-corrected chi connectivity index (χ4v) is 0.972. The average molecular weight is 199 g/mol. The lowest BCUT2D eigenvalue weighted by Crippen LogP contribution is -2.41. The van der Waals surface area contributed by atoms with Crippen molar-refractivity contribution in [2.75, 3.05) is 40.9 Å². The Morgan fingerprint density at radius 2 is 2.07 bits per heavy atom. The molecule has 0 radical (unpaired) electrons. The molecule has 0 aromatic heterocycles. The highest BCUT2D eigenvalue weighted by Crippen LogP contribution is 1.96. The second kappa shape index (κ2) is 7.15. The van der Waals surface area contributed by atoms with E-state index >= 15 is 0 Å². The molecule has 0 atom stereocenters. The fraction of sp³-hybridized carbons (Fsp3) is 0.778. The zero-order valence-corrected chi connectivity index (χ0v) is 8.99. The van der Waals surface area contributed by atoms with Crippen LogP contribution in [0.4, 0.5) is 4.79 Å². The second-order valence-corrected chi connectivity index (χ2v) is 3.06. The van der Waals surface area contributed by atoms with Gasteiger partial charge < -0.3 is 14.5 Å². The van der Waals surface area contributed by atoms with Crippen LogP contribution in [0.25, 0.3) is 0 Å². The number of rotatable bonds is 5. The minimum absolute atomic E-state index is 0.0858. The Morgan fingerprint density at radius 3 is 2.50 bits per heavy atom. The van der Waals surface area contributed by atoms with E-state index in [-0.39, 0.29) is 6.03 Å². The molecule has 0 aliphatic heterocycles. The Balaban J connectivity index is 4.09. The first-order valence-electron chi connectivity index (χ1n) is 4.45. The van der Waals surface area contributed by atoms with Gasteiger partial charge in [0.05, 0.1) is 19.1 Å². The van der Waals surface area contributed by atoms with E-state index in [0.717, 1.165) is 0 Å². The largest absolute Gasteiger partial charge is 0.383 e.